The Bertz CT molecular complexity index is 975. The fourth-order valence-corrected chi connectivity index (χ4v) is 8.14. The van der Waals surface area contributed by atoms with Crippen LogP contribution in [-0.2, 0) is 28.6 Å². The van der Waals surface area contributed by atoms with E-state index >= 15 is 0 Å². The van der Waals surface area contributed by atoms with E-state index < -0.39 is 82.4 Å². The van der Waals surface area contributed by atoms with Crippen molar-refractivity contribution in [2.45, 2.75) is 77.7 Å². The number of allylic oxidation sites excluding steroid dienone is 1. The molecule has 2 saturated heterocycles. The van der Waals surface area contributed by atoms with E-state index in [-0.39, 0.29) is 12.5 Å². The number of esters is 2. The Morgan fingerprint density at radius 1 is 1.32 bits per heavy atom. The summed E-state index contributed by atoms with van der Waals surface area (Å²) >= 11 is 0. The predicted octanol–water partition coefficient (Wildman–Crippen LogP) is 0.734. The molecule has 1 spiro atoms. The van der Waals surface area contributed by atoms with Crippen molar-refractivity contribution in [3.8, 4) is 0 Å². The third-order valence-electron chi connectivity index (χ3n) is 9.89. The van der Waals surface area contributed by atoms with E-state index in [1.165, 1.54) is 6.08 Å². The Labute approximate surface area is 198 Å². The van der Waals surface area contributed by atoms with Gasteiger partial charge in [-0.15, -0.1) is 0 Å². The minimum atomic E-state index is -2.06. The maximum absolute atomic E-state index is 13.2. The summed E-state index contributed by atoms with van der Waals surface area (Å²) < 4.78 is 17.6. The Hall–Kier alpha value is -1.81. The van der Waals surface area contributed by atoms with Crippen LogP contribution in [0.15, 0.2) is 11.6 Å². The molecule has 3 aliphatic carbocycles. The van der Waals surface area contributed by atoms with Gasteiger partial charge < -0.3 is 29.5 Å². The molecule has 2 aliphatic heterocycles. The minimum Gasteiger partial charge on any atom is -0.459 e. The number of ether oxygens (including phenoxy) is 3. The van der Waals surface area contributed by atoms with Crippen LogP contribution in [0.5, 0.6) is 0 Å². The molecule has 12 atom stereocenters. The monoisotopic (exact) mass is 478 g/mol. The van der Waals surface area contributed by atoms with E-state index in [4.69, 9.17) is 14.2 Å². The first-order valence-electron chi connectivity index (χ1n) is 12.2. The van der Waals surface area contributed by atoms with Gasteiger partial charge in [-0.1, -0.05) is 33.3 Å². The molecule has 188 valence electrons. The largest absolute Gasteiger partial charge is 0.459 e. The van der Waals surface area contributed by atoms with Gasteiger partial charge in [-0.25, -0.2) is 4.79 Å². The topological polar surface area (TPSA) is 140 Å². The second kappa shape index (κ2) is 7.35. The molecule has 0 radical (unpaired) electrons. The van der Waals surface area contributed by atoms with Gasteiger partial charge in [-0.05, 0) is 37.7 Å². The zero-order chi connectivity index (χ0) is 25.0. The number of carbonyl (C=O) groups is 3. The van der Waals surface area contributed by atoms with Crippen molar-refractivity contribution in [2.75, 3.05) is 6.61 Å². The summed E-state index contributed by atoms with van der Waals surface area (Å²) in [6, 6.07) is 0. The molecule has 34 heavy (non-hydrogen) atoms. The molecular formula is C25H34O9. The molecule has 0 aromatic heterocycles. The van der Waals surface area contributed by atoms with Crippen LogP contribution in [0, 0.1) is 40.4 Å². The van der Waals surface area contributed by atoms with Crippen molar-refractivity contribution < 1.29 is 43.9 Å². The Morgan fingerprint density at radius 3 is 2.65 bits per heavy atom. The van der Waals surface area contributed by atoms with Crippen molar-refractivity contribution in [3.05, 3.63) is 11.6 Å². The summed E-state index contributed by atoms with van der Waals surface area (Å²) in [4.78, 5) is 38.7. The quantitative estimate of drug-likeness (QED) is 0.501. The first-order chi connectivity index (χ1) is 15.8. The van der Waals surface area contributed by atoms with Crippen LogP contribution in [0.3, 0.4) is 0 Å². The lowest BCUT2D eigenvalue weighted by molar-refractivity contribution is -0.340. The van der Waals surface area contributed by atoms with Gasteiger partial charge in [0.2, 0.25) is 6.10 Å². The standard InChI is InChI=1S/C25H34O9/c1-6-10(2)20(29)34-17-16-12(4)18(27)25(31)22-23(5)13(11(3)7-14(26)19(23)28)8-15(33-21(17)30)24(16,22)9-32-25/h7,10,12-13,15-19,22,27-28,31H,6,8-9H2,1-5H3/t10-,12+,13-,15+,16+,17+,18+,19+,22+,23+,24-,25-/m0/s1. The summed E-state index contributed by atoms with van der Waals surface area (Å²) in [5.74, 6) is -6.89. The van der Waals surface area contributed by atoms with Gasteiger partial charge in [0, 0.05) is 22.7 Å². The minimum absolute atomic E-state index is 0.0540. The van der Waals surface area contributed by atoms with Crippen LogP contribution in [0.2, 0.25) is 0 Å². The van der Waals surface area contributed by atoms with E-state index in [0.29, 0.717) is 12.8 Å². The summed E-state index contributed by atoms with van der Waals surface area (Å²) in [7, 11) is 0. The van der Waals surface area contributed by atoms with Gasteiger partial charge in [-0.3, -0.25) is 9.59 Å². The molecule has 0 amide bonds. The average Bonchev–Trinajstić information content (AvgIpc) is 3.08. The molecule has 2 bridgehead atoms. The molecule has 0 aromatic carbocycles. The molecule has 5 rings (SSSR count). The van der Waals surface area contributed by atoms with Crippen molar-refractivity contribution >= 4 is 17.7 Å². The van der Waals surface area contributed by atoms with Crippen LogP contribution in [0.25, 0.3) is 0 Å². The Morgan fingerprint density at radius 2 is 2.00 bits per heavy atom. The van der Waals surface area contributed by atoms with E-state index in [1.54, 1.807) is 27.7 Å². The van der Waals surface area contributed by atoms with E-state index in [2.05, 4.69) is 0 Å². The zero-order valence-electron chi connectivity index (χ0n) is 20.2. The summed E-state index contributed by atoms with van der Waals surface area (Å²) in [5.41, 5.74) is -1.51. The Balaban J connectivity index is 1.69. The molecule has 5 aliphatic rings. The van der Waals surface area contributed by atoms with Gasteiger partial charge in [-0.2, -0.15) is 0 Å². The van der Waals surface area contributed by atoms with Crippen LogP contribution in [0.4, 0.5) is 0 Å². The molecule has 0 unspecified atom stereocenters. The highest BCUT2D eigenvalue weighted by Gasteiger charge is 2.83. The molecule has 3 N–H and O–H groups in total. The molecular weight excluding hydrogens is 444 g/mol. The third-order valence-corrected chi connectivity index (χ3v) is 9.89. The number of ketones is 1. The van der Waals surface area contributed by atoms with Crippen LogP contribution in [0.1, 0.15) is 47.5 Å². The smallest absolute Gasteiger partial charge is 0.348 e. The highest BCUT2D eigenvalue weighted by atomic mass is 16.7. The van der Waals surface area contributed by atoms with Gasteiger partial charge in [0.15, 0.2) is 11.6 Å². The molecule has 2 heterocycles. The normalized spacial score (nSPS) is 52.2. The van der Waals surface area contributed by atoms with Crippen molar-refractivity contribution in [3.63, 3.8) is 0 Å². The maximum Gasteiger partial charge on any atom is 0.348 e. The third kappa shape index (κ3) is 2.61. The summed E-state index contributed by atoms with van der Waals surface area (Å²) in [6.07, 6.45) is -2.58. The van der Waals surface area contributed by atoms with Gasteiger partial charge in [0.1, 0.15) is 18.3 Å². The van der Waals surface area contributed by atoms with Crippen LogP contribution >= 0.6 is 0 Å². The molecule has 9 heteroatoms. The highest BCUT2D eigenvalue weighted by Crippen LogP contribution is 2.73. The molecule has 0 aromatic rings. The number of carbonyl (C=O) groups excluding carboxylic acids is 3. The Kier molecular flexibility index (Phi) is 5.17. The van der Waals surface area contributed by atoms with E-state index in [9.17, 15) is 29.7 Å². The highest BCUT2D eigenvalue weighted by molar-refractivity contribution is 5.96. The maximum atomic E-state index is 13.2. The lowest BCUT2D eigenvalue weighted by Crippen LogP contribution is -2.78. The lowest BCUT2D eigenvalue weighted by Gasteiger charge is -2.68. The average molecular weight is 479 g/mol. The summed E-state index contributed by atoms with van der Waals surface area (Å²) in [6.45, 7) is 8.74. The van der Waals surface area contributed by atoms with Crippen LogP contribution < -0.4 is 0 Å². The number of hydrogen-bond donors (Lipinski definition) is 3. The number of aliphatic hydroxyl groups excluding tert-OH is 2. The number of fused-ring (bicyclic) bond motifs is 1. The van der Waals surface area contributed by atoms with Crippen molar-refractivity contribution in [1.29, 1.82) is 0 Å². The SMILES string of the molecule is CC[C@H](C)C(=O)O[C@H]1C(=O)O[C@@H]2C[C@H]3C(C)=CC(=O)[C@@H](O)[C@]3(C)[C@H]3[C@@]4(O)OC[C@]32[C@@H]1[C@@H](C)[C@H]4O. The first-order valence-corrected chi connectivity index (χ1v) is 12.2. The van der Waals surface area contributed by atoms with Gasteiger partial charge in [0.25, 0.3) is 0 Å². The van der Waals surface area contributed by atoms with E-state index in [1.807, 2.05) is 6.92 Å². The second-order valence-corrected chi connectivity index (χ2v) is 11.4. The second-order valence-electron chi connectivity index (χ2n) is 11.4. The van der Waals surface area contributed by atoms with Crippen molar-refractivity contribution in [1.82, 2.24) is 0 Å². The number of aliphatic hydroxyl groups is 3. The lowest BCUT2D eigenvalue weighted by atomic mass is 9.38. The van der Waals surface area contributed by atoms with Gasteiger partial charge in [0.05, 0.1) is 12.5 Å². The summed E-state index contributed by atoms with van der Waals surface area (Å²) in [5, 5.41) is 34.3. The molecule has 9 nitrogen and oxygen atoms in total. The molecule has 4 fully saturated rings. The van der Waals surface area contributed by atoms with Gasteiger partial charge >= 0.3 is 11.9 Å². The van der Waals surface area contributed by atoms with Crippen LogP contribution in [-0.4, -0.2) is 69.9 Å². The fourth-order valence-electron chi connectivity index (χ4n) is 8.14. The number of hydrogen-bond acceptors (Lipinski definition) is 9. The number of rotatable bonds is 3. The van der Waals surface area contributed by atoms with E-state index in [0.717, 1.165) is 5.57 Å². The zero-order valence-corrected chi connectivity index (χ0v) is 20.2. The molecule has 2 saturated carbocycles. The fraction of sp³-hybridized carbons (Fsp3) is 0.800. The predicted molar refractivity (Wildman–Crippen MR) is 116 cm³/mol. The first kappa shape index (κ1) is 23.9. The van der Waals surface area contributed by atoms with Crippen molar-refractivity contribution in [2.24, 2.45) is 40.4 Å².